The predicted octanol–water partition coefficient (Wildman–Crippen LogP) is 1.72. The van der Waals surface area contributed by atoms with Crippen molar-refractivity contribution in [3.05, 3.63) is 29.8 Å². The van der Waals surface area contributed by atoms with Crippen molar-refractivity contribution >= 4 is 15.8 Å². The van der Waals surface area contributed by atoms with Gasteiger partial charge in [0.2, 0.25) is 10.0 Å². The Morgan fingerprint density at radius 1 is 1.47 bits per heavy atom. The molecule has 0 aliphatic heterocycles. The summed E-state index contributed by atoms with van der Waals surface area (Å²) in [6.07, 6.45) is 0.322. The van der Waals surface area contributed by atoms with Crippen LogP contribution < -0.4 is 4.72 Å². The average molecular weight is 280 g/mol. The summed E-state index contributed by atoms with van der Waals surface area (Å²) < 4.78 is 26.3. The highest BCUT2D eigenvalue weighted by Crippen LogP contribution is 2.13. The Labute approximate surface area is 113 Å². The third-order valence-corrected chi connectivity index (χ3v) is 4.01. The van der Waals surface area contributed by atoms with Crippen LogP contribution in [0.4, 0.5) is 0 Å². The second-order valence-corrected chi connectivity index (χ2v) is 5.95. The Morgan fingerprint density at radius 3 is 2.74 bits per heavy atom. The van der Waals surface area contributed by atoms with Gasteiger partial charge in [0.1, 0.15) is 0 Å². The number of sulfonamides is 1. The van der Waals surface area contributed by atoms with Crippen molar-refractivity contribution in [2.75, 3.05) is 6.54 Å². The molecule has 0 spiro atoms. The second kappa shape index (κ2) is 6.45. The molecule has 1 rings (SSSR count). The highest BCUT2D eigenvalue weighted by atomic mass is 32.2. The van der Waals surface area contributed by atoms with E-state index >= 15 is 0 Å². The molecule has 0 aromatic heterocycles. The molecule has 1 aromatic carbocycles. The molecule has 0 amide bonds. The molecule has 1 atom stereocenters. The number of carbonyl (C=O) groups is 1. The summed E-state index contributed by atoms with van der Waals surface area (Å²) in [5, 5.41) is 8.62. The third kappa shape index (κ3) is 4.16. The molecule has 0 radical (unpaired) electrons. The molecule has 1 N–H and O–H groups in total. The molecule has 0 heterocycles. The van der Waals surface area contributed by atoms with Crippen molar-refractivity contribution in [2.24, 2.45) is 5.92 Å². The monoisotopic (exact) mass is 280 g/mol. The van der Waals surface area contributed by atoms with Gasteiger partial charge in [-0.05, 0) is 19.1 Å². The van der Waals surface area contributed by atoms with Crippen LogP contribution in [0.1, 0.15) is 30.6 Å². The number of nitriles is 1. The first-order chi connectivity index (χ1) is 8.90. The Hall–Kier alpha value is -1.71. The van der Waals surface area contributed by atoms with Gasteiger partial charge >= 0.3 is 0 Å². The number of hydrogen-bond acceptors (Lipinski definition) is 4. The fraction of sp³-hybridized carbons (Fsp3) is 0.385. The number of nitrogens with one attached hydrogen (secondary N) is 1. The maximum Gasteiger partial charge on any atom is 0.240 e. The number of nitrogens with zero attached hydrogens (tertiary/aromatic N) is 1. The number of carbonyl (C=O) groups excluding carboxylic acids is 1. The topological polar surface area (TPSA) is 87.0 Å². The minimum Gasteiger partial charge on any atom is -0.294 e. The van der Waals surface area contributed by atoms with E-state index < -0.39 is 15.9 Å². The molecule has 0 saturated carbocycles. The van der Waals surface area contributed by atoms with Crippen molar-refractivity contribution < 1.29 is 13.2 Å². The Morgan fingerprint density at radius 2 is 2.16 bits per heavy atom. The van der Waals surface area contributed by atoms with E-state index in [2.05, 4.69) is 4.72 Å². The zero-order chi connectivity index (χ0) is 14.5. The van der Waals surface area contributed by atoms with Crippen LogP contribution in [0.5, 0.6) is 0 Å². The van der Waals surface area contributed by atoms with E-state index in [0.717, 1.165) is 0 Å². The lowest BCUT2D eigenvalue weighted by molar-refractivity contribution is 0.0988. The molecule has 0 aliphatic carbocycles. The van der Waals surface area contributed by atoms with E-state index in [1.807, 2.05) is 6.07 Å². The second-order valence-electron chi connectivity index (χ2n) is 4.19. The van der Waals surface area contributed by atoms with Crippen molar-refractivity contribution in [3.8, 4) is 6.07 Å². The zero-order valence-corrected chi connectivity index (χ0v) is 11.7. The molecule has 0 bridgehead atoms. The van der Waals surface area contributed by atoms with Crippen LogP contribution in [0.2, 0.25) is 0 Å². The van der Waals surface area contributed by atoms with Gasteiger partial charge in [0.15, 0.2) is 5.78 Å². The SMILES string of the molecule is CCC(=O)c1cccc(S(=O)(=O)NCC(C)C#N)c1. The van der Waals surface area contributed by atoms with E-state index in [1.165, 1.54) is 18.2 Å². The molecule has 1 unspecified atom stereocenters. The maximum absolute atomic E-state index is 12.0. The van der Waals surface area contributed by atoms with Crippen LogP contribution in [0.25, 0.3) is 0 Å². The van der Waals surface area contributed by atoms with E-state index in [1.54, 1.807) is 19.9 Å². The number of hydrogen-bond donors (Lipinski definition) is 1. The van der Waals surface area contributed by atoms with Gasteiger partial charge in [0, 0.05) is 18.5 Å². The van der Waals surface area contributed by atoms with Gasteiger partial charge < -0.3 is 0 Å². The van der Waals surface area contributed by atoms with Crippen LogP contribution >= 0.6 is 0 Å². The average Bonchev–Trinajstić information content (AvgIpc) is 2.44. The molecule has 6 heteroatoms. The van der Waals surface area contributed by atoms with E-state index in [0.29, 0.717) is 12.0 Å². The molecule has 19 heavy (non-hydrogen) atoms. The summed E-state index contributed by atoms with van der Waals surface area (Å²) in [7, 11) is -3.68. The van der Waals surface area contributed by atoms with Gasteiger partial charge in [-0.3, -0.25) is 4.79 Å². The van der Waals surface area contributed by atoms with Gasteiger partial charge in [-0.1, -0.05) is 19.1 Å². The normalized spacial score (nSPS) is 12.7. The first-order valence-corrected chi connectivity index (χ1v) is 7.41. The van der Waals surface area contributed by atoms with Crippen LogP contribution in [0, 0.1) is 17.2 Å². The number of Topliss-reactive ketones (excluding diaryl/α,β-unsaturated/α-hetero) is 1. The standard InChI is InChI=1S/C13H16N2O3S/c1-3-13(16)11-5-4-6-12(7-11)19(17,18)15-9-10(2)8-14/h4-7,10,15H,3,9H2,1-2H3. The minimum atomic E-state index is -3.68. The first-order valence-electron chi connectivity index (χ1n) is 5.93. The Balaban J connectivity index is 2.96. The molecular weight excluding hydrogens is 264 g/mol. The van der Waals surface area contributed by atoms with Crippen LogP contribution in [-0.4, -0.2) is 20.7 Å². The Bertz CT molecular complexity index is 603. The van der Waals surface area contributed by atoms with Crippen molar-refractivity contribution in [3.63, 3.8) is 0 Å². The Kier molecular flexibility index (Phi) is 5.21. The van der Waals surface area contributed by atoms with Crippen molar-refractivity contribution in [1.29, 1.82) is 5.26 Å². The van der Waals surface area contributed by atoms with Gasteiger partial charge in [-0.25, -0.2) is 13.1 Å². The highest BCUT2D eigenvalue weighted by molar-refractivity contribution is 7.89. The molecule has 0 saturated heterocycles. The highest BCUT2D eigenvalue weighted by Gasteiger charge is 2.16. The fourth-order valence-corrected chi connectivity index (χ4v) is 2.58. The number of benzene rings is 1. The number of rotatable bonds is 6. The quantitative estimate of drug-likeness (QED) is 0.804. The van der Waals surface area contributed by atoms with Crippen LogP contribution in [-0.2, 0) is 10.0 Å². The predicted molar refractivity (Wildman–Crippen MR) is 71.0 cm³/mol. The van der Waals surface area contributed by atoms with Crippen LogP contribution in [0.15, 0.2) is 29.2 Å². The molecular formula is C13H16N2O3S. The fourth-order valence-electron chi connectivity index (χ4n) is 1.40. The summed E-state index contributed by atoms with van der Waals surface area (Å²) in [6.45, 7) is 3.39. The summed E-state index contributed by atoms with van der Waals surface area (Å²) in [5.41, 5.74) is 0.374. The largest absolute Gasteiger partial charge is 0.294 e. The zero-order valence-electron chi connectivity index (χ0n) is 10.9. The smallest absolute Gasteiger partial charge is 0.240 e. The van der Waals surface area contributed by atoms with Gasteiger partial charge in [-0.15, -0.1) is 0 Å². The van der Waals surface area contributed by atoms with Crippen molar-refractivity contribution in [1.82, 2.24) is 4.72 Å². The molecule has 1 aromatic rings. The van der Waals surface area contributed by atoms with E-state index in [-0.39, 0.29) is 17.2 Å². The lowest BCUT2D eigenvalue weighted by atomic mass is 10.1. The van der Waals surface area contributed by atoms with Crippen molar-refractivity contribution in [2.45, 2.75) is 25.2 Å². The molecule has 5 nitrogen and oxygen atoms in total. The number of ketones is 1. The first kappa shape index (κ1) is 15.3. The maximum atomic E-state index is 12.0. The summed E-state index contributed by atoms with van der Waals surface area (Å²) >= 11 is 0. The lowest BCUT2D eigenvalue weighted by Crippen LogP contribution is -2.28. The molecule has 0 fully saturated rings. The van der Waals surface area contributed by atoms with E-state index in [9.17, 15) is 13.2 Å². The van der Waals surface area contributed by atoms with Gasteiger partial charge in [0.25, 0.3) is 0 Å². The summed E-state index contributed by atoms with van der Waals surface area (Å²) in [5.74, 6) is -0.516. The minimum absolute atomic E-state index is 0.0388. The van der Waals surface area contributed by atoms with E-state index in [4.69, 9.17) is 5.26 Å². The lowest BCUT2D eigenvalue weighted by Gasteiger charge is -2.08. The summed E-state index contributed by atoms with van der Waals surface area (Å²) in [4.78, 5) is 11.6. The van der Waals surface area contributed by atoms with Gasteiger partial charge in [-0.2, -0.15) is 5.26 Å². The summed E-state index contributed by atoms with van der Waals surface area (Å²) in [6, 6.07) is 7.84. The van der Waals surface area contributed by atoms with Gasteiger partial charge in [0.05, 0.1) is 16.9 Å². The molecule has 0 aliphatic rings. The molecule has 102 valence electrons. The van der Waals surface area contributed by atoms with Crippen LogP contribution in [0.3, 0.4) is 0 Å². The third-order valence-electron chi connectivity index (χ3n) is 2.59.